The van der Waals surface area contributed by atoms with Gasteiger partial charge in [0.2, 0.25) is 0 Å². The van der Waals surface area contributed by atoms with Crippen molar-refractivity contribution in [3.8, 4) is 6.07 Å². The monoisotopic (exact) mass is 256 g/mol. The molecule has 0 aliphatic carbocycles. The Morgan fingerprint density at radius 2 is 2.41 bits per heavy atom. The molecule has 1 rings (SSSR count). The number of nitrogens with zero attached hydrogens (tertiary/aromatic N) is 2. The first-order valence-corrected chi connectivity index (χ1v) is 5.23. The van der Waals surface area contributed by atoms with Gasteiger partial charge in [0.15, 0.2) is 5.41 Å². The van der Waals surface area contributed by atoms with E-state index >= 15 is 0 Å². The second kappa shape index (κ2) is 5.11. The van der Waals surface area contributed by atoms with Crippen LogP contribution in [0, 0.1) is 17.1 Å². The quantitative estimate of drug-likeness (QED) is 0.778. The lowest BCUT2D eigenvalue weighted by atomic mass is 9.88. The number of halogens is 2. The number of ether oxygens (including phenoxy) is 1. The van der Waals surface area contributed by atoms with Gasteiger partial charge in [-0.2, -0.15) is 5.26 Å². The third kappa shape index (κ3) is 2.53. The van der Waals surface area contributed by atoms with Crippen molar-refractivity contribution < 1.29 is 13.9 Å². The Morgan fingerprint density at radius 1 is 1.76 bits per heavy atom. The molecule has 0 aromatic carbocycles. The molecule has 1 atom stereocenters. The summed E-state index contributed by atoms with van der Waals surface area (Å²) in [5, 5.41) is 9.13. The van der Waals surface area contributed by atoms with Gasteiger partial charge in [-0.3, -0.25) is 4.98 Å². The molecule has 0 fully saturated rings. The maximum absolute atomic E-state index is 13.6. The third-order valence-corrected chi connectivity index (χ3v) is 2.40. The number of carbonyl (C=O) groups is 1. The second-order valence-corrected chi connectivity index (χ2v) is 3.88. The van der Waals surface area contributed by atoms with E-state index in [4.69, 9.17) is 21.6 Å². The molecule has 0 saturated carbocycles. The number of carbonyl (C=O) groups excluding carboxylic acids is 1. The molecule has 0 bridgehead atoms. The van der Waals surface area contributed by atoms with Crippen molar-refractivity contribution in [1.82, 2.24) is 4.98 Å². The van der Waals surface area contributed by atoms with E-state index in [0.717, 1.165) is 6.07 Å². The van der Waals surface area contributed by atoms with Gasteiger partial charge in [0.1, 0.15) is 11.5 Å². The van der Waals surface area contributed by atoms with E-state index in [1.807, 2.05) is 0 Å². The fraction of sp³-hybridized carbons (Fsp3) is 0.364. The minimum absolute atomic E-state index is 0.0930. The zero-order valence-corrected chi connectivity index (χ0v) is 10.1. The number of esters is 1. The fourth-order valence-electron chi connectivity index (χ4n) is 1.25. The van der Waals surface area contributed by atoms with Crippen LogP contribution in [0.1, 0.15) is 19.5 Å². The molecular formula is C11H10ClFN2O2. The summed E-state index contributed by atoms with van der Waals surface area (Å²) in [7, 11) is 0. The largest absolute Gasteiger partial charge is 0.465 e. The van der Waals surface area contributed by atoms with Gasteiger partial charge >= 0.3 is 5.97 Å². The topological polar surface area (TPSA) is 63.0 Å². The molecule has 0 N–H and O–H groups in total. The molecule has 0 spiro atoms. The number of hydrogen-bond acceptors (Lipinski definition) is 4. The van der Waals surface area contributed by atoms with Crippen molar-refractivity contribution in [3.05, 3.63) is 28.8 Å². The molecule has 0 saturated heterocycles. The minimum Gasteiger partial charge on any atom is -0.465 e. The minimum atomic E-state index is -1.77. The molecule has 4 nitrogen and oxygen atoms in total. The lowest BCUT2D eigenvalue weighted by Gasteiger charge is -2.19. The maximum atomic E-state index is 13.6. The average molecular weight is 257 g/mol. The number of rotatable bonds is 3. The van der Waals surface area contributed by atoms with Crippen LogP contribution in [-0.2, 0) is 14.9 Å². The number of nitriles is 1. The SMILES string of the molecule is CCOC(=O)C(C)(C#N)c1ncc(Cl)cc1F. The van der Waals surface area contributed by atoms with Crippen LogP contribution in [0.4, 0.5) is 4.39 Å². The van der Waals surface area contributed by atoms with E-state index in [-0.39, 0.29) is 17.3 Å². The zero-order valence-electron chi connectivity index (χ0n) is 9.33. The summed E-state index contributed by atoms with van der Waals surface area (Å²) in [6.45, 7) is 2.96. The third-order valence-electron chi connectivity index (χ3n) is 2.19. The van der Waals surface area contributed by atoms with Gasteiger partial charge in [0, 0.05) is 6.20 Å². The predicted octanol–water partition coefficient (Wildman–Crippen LogP) is 2.22. The summed E-state index contributed by atoms with van der Waals surface area (Å²) in [5.74, 6) is -1.65. The van der Waals surface area contributed by atoms with Crippen LogP contribution in [0.15, 0.2) is 12.3 Å². The summed E-state index contributed by atoms with van der Waals surface area (Å²) >= 11 is 5.55. The van der Waals surface area contributed by atoms with E-state index < -0.39 is 17.2 Å². The van der Waals surface area contributed by atoms with Gasteiger partial charge in [0.25, 0.3) is 0 Å². The summed E-state index contributed by atoms with van der Waals surface area (Å²) in [5.41, 5.74) is -2.06. The fourth-order valence-corrected chi connectivity index (χ4v) is 1.40. The average Bonchev–Trinajstić information content (AvgIpc) is 2.28. The highest BCUT2D eigenvalue weighted by Gasteiger charge is 2.41. The molecular weight excluding hydrogens is 247 g/mol. The van der Waals surface area contributed by atoms with E-state index in [1.54, 1.807) is 13.0 Å². The molecule has 1 aromatic rings. The Bertz CT molecular complexity index is 487. The highest BCUT2D eigenvalue weighted by Crippen LogP contribution is 2.26. The first-order valence-electron chi connectivity index (χ1n) is 4.85. The van der Waals surface area contributed by atoms with E-state index in [2.05, 4.69) is 4.98 Å². The molecule has 90 valence electrons. The first-order chi connectivity index (χ1) is 7.95. The van der Waals surface area contributed by atoms with Crippen LogP contribution in [0.25, 0.3) is 0 Å². The summed E-state index contributed by atoms with van der Waals surface area (Å²) in [6, 6.07) is 2.72. The van der Waals surface area contributed by atoms with E-state index in [1.165, 1.54) is 13.1 Å². The lowest BCUT2D eigenvalue weighted by molar-refractivity contribution is -0.147. The number of aromatic nitrogens is 1. The highest BCUT2D eigenvalue weighted by atomic mass is 35.5. The maximum Gasteiger partial charge on any atom is 0.332 e. The van der Waals surface area contributed by atoms with Gasteiger partial charge in [-0.05, 0) is 19.9 Å². The van der Waals surface area contributed by atoms with Gasteiger partial charge in [-0.25, -0.2) is 9.18 Å². The van der Waals surface area contributed by atoms with Gasteiger partial charge in [-0.15, -0.1) is 0 Å². The van der Waals surface area contributed by atoms with Crippen LogP contribution >= 0.6 is 11.6 Å². The molecule has 0 aliphatic rings. The van der Waals surface area contributed by atoms with Crippen molar-refractivity contribution in [1.29, 1.82) is 5.26 Å². The van der Waals surface area contributed by atoms with Crippen molar-refractivity contribution in [2.75, 3.05) is 6.61 Å². The van der Waals surface area contributed by atoms with Crippen molar-refractivity contribution >= 4 is 17.6 Å². The smallest absolute Gasteiger partial charge is 0.332 e. The standard InChI is InChI=1S/C11H10ClFN2O2/c1-3-17-10(16)11(2,6-14)9-8(13)4-7(12)5-15-9/h4-5H,3H2,1-2H3. The molecule has 1 heterocycles. The van der Waals surface area contributed by atoms with Crippen LogP contribution in [0.5, 0.6) is 0 Å². The summed E-state index contributed by atoms with van der Waals surface area (Å²) in [6.07, 6.45) is 1.18. The Labute approximate surface area is 103 Å². The van der Waals surface area contributed by atoms with Crippen LogP contribution in [0.2, 0.25) is 5.02 Å². The lowest BCUT2D eigenvalue weighted by Crippen LogP contribution is -2.34. The van der Waals surface area contributed by atoms with Crippen molar-refractivity contribution in [3.63, 3.8) is 0 Å². The Hall–Kier alpha value is -1.67. The van der Waals surface area contributed by atoms with Crippen LogP contribution < -0.4 is 0 Å². The summed E-state index contributed by atoms with van der Waals surface area (Å²) in [4.78, 5) is 15.3. The second-order valence-electron chi connectivity index (χ2n) is 3.44. The molecule has 1 unspecified atom stereocenters. The first kappa shape index (κ1) is 13.4. The zero-order chi connectivity index (χ0) is 13.1. The molecule has 6 heteroatoms. The van der Waals surface area contributed by atoms with Gasteiger partial charge in [0.05, 0.1) is 17.7 Å². The van der Waals surface area contributed by atoms with Crippen molar-refractivity contribution in [2.45, 2.75) is 19.3 Å². The molecule has 0 aliphatic heterocycles. The number of hydrogen-bond donors (Lipinski definition) is 0. The molecule has 17 heavy (non-hydrogen) atoms. The van der Waals surface area contributed by atoms with Gasteiger partial charge in [-0.1, -0.05) is 11.6 Å². The van der Waals surface area contributed by atoms with Crippen LogP contribution in [-0.4, -0.2) is 17.6 Å². The Kier molecular flexibility index (Phi) is 4.02. The Balaban J connectivity index is 3.26. The predicted molar refractivity (Wildman–Crippen MR) is 58.8 cm³/mol. The number of pyridine rings is 1. The van der Waals surface area contributed by atoms with Crippen LogP contribution in [0.3, 0.4) is 0 Å². The highest BCUT2D eigenvalue weighted by molar-refractivity contribution is 6.30. The normalized spacial score (nSPS) is 13.6. The van der Waals surface area contributed by atoms with Crippen molar-refractivity contribution in [2.24, 2.45) is 0 Å². The van der Waals surface area contributed by atoms with E-state index in [0.29, 0.717) is 0 Å². The van der Waals surface area contributed by atoms with E-state index in [9.17, 15) is 9.18 Å². The summed E-state index contributed by atoms with van der Waals surface area (Å²) < 4.78 is 18.4. The molecule has 0 amide bonds. The molecule has 0 radical (unpaired) electrons. The van der Waals surface area contributed by atoms with Gasteiger partial charge < -0.3 is 4.74 Å². The Morgan fingerprint density at radius 3 is 2.88 bits per heavy atom. The molecule has 1 aromatic heterocycles.